The predicted octanol–water partition coefficient (Wildman–Crippen LogP) is 0.826. The molecule has 0 aromatic heterocycles. The molecule has 4 rings (SSSR count). The maximum Gasteiger partial charge on any atom is 0.414 e. The number of rotatable bonds is 4. The molecule has 2 heterocycles. The van der Waals surface area contributed by atoms with Gasteiger partial charge < -0.3 is 14.8 Å². The molecular weight excluding hydrogens is 341 g/mol. The third-order valence-corrected chi connectivity index (χ3v) is 5.49. The second-order valence-corrected chi connectivity index (χ2v) is 7.36. The van der Waals surface area contributed by atoms with E-state index in [4.69, 9.17) is 9.47 Å². The second-order valence-electron chi connectivity index (χ2n) is 7.36. The molecule has 0 aromatic rings. The smallest absolute Gasteiger partial charge is 0.414 e. The first-order valence-electron chi connectivity index (χ1n) is 9.11. The first-order chi connectivity index (χ1) is 12.5. The van der Waals surface area contributed by atoms with E-state index in [0.29, 0.717) is 31.9 Å². The SMILES string of the molecule is CC(=O)NC[C@H]1CN(C2=CC3(F)CC3C(N3CCOCC3)C=C2)C(=O)O1. The minimum atomic E-state index is -1.38. The van der Waals surface area contributed by atoms with Crippen molar-refractivity contribution in [2.24, 2.45) is 5.92 Å². The topological polar surface area (TPSA) is 71.1 Å². The molecule has 0 radical (unpaired) electrons. The molecule has 3 fully saturated rings. The fourth-order valence-corrected chi connectivity index (χ4v) is 3.99. The molecule has 0 bridgehead atoms. The highest BCUT2D eigenvalue weighted by molar-refractivity contribution is 5.74. The fraction of sp³-hybridized carbons (Fsp3) is 0.667. The van der Waals surface area contributed by atoms with Crippen LogP contribution in [0.1, 0.15) is 13.3 Å². The largest absolute Gasteiger partial charge is 0.442 e. The van der Waals surface area contributed by atoms with Gasteiger partial charge in [0.05, 0.1) is 26.3 Å². The number of carbonyl (C=O) groups is 2. The molecule has 1 saturated carbocycles. The zero-order valence-electron chi connectivity index (χ0n) is 14.8. The molecule has 3 unspecified atom stereocenters. The Kier molecular flexibility index (Phi) is 4.48. The Balaban J connectivity index is 1.47. The van der Waals surface area contributed by atoms with Crippen LogP contribution in [0, 0.1) is 5.92 Å². The van der Waals surface area contributed by atoms with Gasteiger partial charge in [-0.1, -0.05) is 6.08 Å². The molecule has 4 aliphatic rings. The summed E-state index contributed by atoms with van der Waals surface area (Å²) in [5, 5.41) is 2.65. The van der Waals surface area contributed by atoms with Gasteiger partial charge in [-0.2, -0.15) is 0 Å². The predicted molar refractivity (Wildman–Crippen MR) is 91.0 cm³/mol. The molecule has 2 aliphatic heterocycles. The standard InChI is InChI=1S/C18H24FN3O4/c1-12(23)20-10-14-11-22(17(24)26-14)13-2-3-16(15-9-18(15,19)8-13)21-4-6-25-7-5-21/h2-3,8,14-16H,4-7,9-11H2,1H3,(H,20,23)/t14-,15?,16?,18?/m0/s1. The van der Waals surface area contributed by atoms with Crippen molar-refractivity contribution in [2.45, 2.75) is 31.2 Å². The number of morpholine rings is 1. The zero-order chi connectivity index (χ0) is 18.3. The number of allylic oxidation sites excluding steroid dienone is 2. The van der Waals surface area contributed by atoms with Gasteiger partial charge in [-0.3, -0.25) is 14.6 Å². The second kappa shape index (κ2) is 6.66. The summed E-state index contributed by atoms with van der Waals surface area (Å²) in [7, 11) is 0. The summed E-state index contributed by atoms with van der Waals surface area (Å²) in [6.45, 7) is 4.90. The number of halogens is 1. The van der Waals surface area contributed by atoms with E-state index in [1.54, 1.807) is 6.08 Å². The highest BCUT2D eigenvalue weighted by Gasteiger charge is 2.59. The van der Waals surface area contributed by atoms with Gasteiger partial charge in [-0.25, -0.2) is 9.18 Å². The molecule has 4 atom stereocenters. The van der Waals surface area contributed by atoms with Gasteiger partial charge >= 0.3 is 6.09 Å². The summed E-state index contributed by atoms with van der Waals surface area (Å²) in [5.41, 5.74) is -0.835. The van der Waals surface area contributed by atoms with E-state index in [2.05, 4.69) is 10.2 Å². The Labute approximate surface area is 151 Å². The summed E-state index contributed by atoms with van der Waals surface area (Å²) in [4.78, 5) is 27.0. The van der Waals surface area contributed by atoms with Crippen molar-refractivity contribution in [3.63, 3.8) is 0 Å². The van der Waals surface area contributed by atoms with E-state index in [0.717, 1.165) is 13.1 Å². The summed E-state index contributed by atoms with van der Waals surface area (Å²) in [5.74, 6) is -0.256. The van der Waals surface area contributed by atoms with Crippen LogP contribution in [0.2, 0.25) is 0 Å². The van der Waals surface area contributed by atoms with Crippen LogP contribution in [0.4, 0.5) is 9.18 Å². The van der Waals surface area contributed by atoms with Gasteiger partial charge in [0.15, 0.2) is 0 Å². The third-order valence-electron chi connectivity index (χ3n) is 5.49. The molecule has 2 amide bonds. The number of nitrogens with one attached hydrogen (secondary N) is 1. The molecule has 2 saturated heterocycles. The van der Waals surface area contributed by atoms with Gasteiger partial charge in [0, 0.05) is 37.7 Å². The number of amides is 2. The Morgan fingerprint density at radius 3 is 2.92 bits per heavy atom. The van der Waals surface area contributed by atoms with Crippen LogP contribution in [-0.2, 0) is 14.3 Å². The van der Waals surface area contributed by atoms with E-state index in [9.17, 15) is 9.59 Å². The number of cyclic esters (lactones) is 1. The van der Waals surface area contributed by atoms with Crippen LogP contribution in [0.15, 0.2) is 23.9 Å². The average molecular weight is 365 g/mol. The minimum Gasteiger partial charge on any atom is -0.442 e. The van der Waals surface area contributed by atoms with E-state index >= 15 is 4.39 Å². The number of alkyl halides is 1. The minimum absolute atomic E-state index is 0.0199. The molecule has 0 aromatic carbocycles. The van der Waals surface area contributed by atoms with E-state index in [1.165, 1.54) is 11.8 Å². The number of hydrogen-bond acceptors (Lipinski definition) is 5. The summed E-state index contributed by atoms with van der Waals surface area (Å²) in [6.07, 6.45) is 4.95. The number of ether oxygens (including phenoxy) is 2. The van der Waals surface area contributed by atoms with Crippen molar-refractivity contribution in [2.75, 3.05) is 39.4 Å². The lowest BCUT2D eigenvalue weighted by Crippen LogP contribution is -2.44. The Morgan fingerprint density at radius 2 is 2.19 bits per heavy atom. The number of carbonyl (C=O) groups excluding carboxylic acids is 2. The van der Waals surface area contributed by atoms with Crippen LogP contribution >= 0.6 is 0 Å². The van der Waals surface area contributed by atoms with Crippen LogP contribution in [0.3, 0.4) is 0 Å². The van der Waals surface area contributed by atoms with Crippen LogP contribution < -0.4 is 5.32 Å². The van der Waals surface area contributed by atoms with Gasteiger partial charge in [-0.05, 0) is 18.6 Å². The molecule has 0 spiro atoms. The zero-order valence-corrected chi connectivity index (χ0v) is 14.8. The number of hydrogen-bond donors (Lipinski definition) is 1. The van der Waals surface area contributed by atoms with E-state index in [1.807, 2.05) is 12.2 Å². The summed E-state index contributed by atoms with van der Waals surface area (Å²) >= 11 is 0. The first kappa shape index (κ1) is 17.5. The van der Waals surface area contributed by atoms with Crippen molar-refractivity contribution >= 4 is 12.0 Å². The van der Waals surface area contributed by atoms with Crippen LogP contribution in [0.5, 0.6) is 0 Å². The van der Waals surface area contributed by atoms with E-state index in [-0.39, 0.29) is 24.4 Å². The van der Waals surface area contributed by atoms with Crippen LogP contribution in [-0.4, -0.2) is 79.0 Å². The molecule has 26 heavy (non-hydrogen) atoms. The van der Waals surface area contributed by atoms with Crippen molar-refractivity contribution in [1.82, 2.24) is 15.1 Å². The molecule has 1 N–H and O–H groups in total. The first-order valence-corrected chi connectivity index (χ1v) is 9.11. The Morgan fingerprint density at radius 1 is 1.42 bits per heavy atom. The van der Waals surface area contributed by atoms with Crippen LogP contribution in [0.25, 0.3) is 0 Å². The highest BCUT2D eigenvalue weighted by Crippen LogP contribution is 2.54. The van der Waals surface area contributed by atoms with Gasteiger partial charge in [0.2, 0.25) is 5.91 Å². The maximum absolute atomic E-state index is 15.2. The number of nitrogens with zero attached hydrogens (tertiary/aromatic N) is 2. The molecule has 142 valence electrons. The molecular formula is C18H24FN3O4. The lowest BCUT2D eigenvalue weighted by atomic mass is 10.1. The highest BCUT2D eigenvalue weighted by atomic mass is 19.1. The van der Waals surface area contributed by atoms with Gasteiger partial charge in [0.1, 0.15) is 11.8 Å². The van der Waals surface area contributed by atoms with E-state index < -0.39 is 17.9 Å². The average Bonchev–Trinajstić information content (AvgIpc) is 3.15. The lowest BCUT2D eigenvalue weighted by Gasteiger charge is -2.33. The number of fused-ring (bicyclic) bond motifs is 1. The Hall–Kier alpha value is -1.93. The Bertz CT molecular complexity index is 661. The summed E-state index contributed by atoms with van der Waals surface area (Å²) < 4.78 is 25.9. The molecule has 8 heteroatoms. The fourth-order valence-electron chi connectivity index (χ4n) is 3.99. The maximum atomic E-state index is 15.2. The monoisotopic (exact) mass is 365 g/mol. The van der Waals surface area contributed by atoms with Crippen molar-refractivity contribution in [3.05, 3.63) is 23.9 Å². The molecule has 2 aliphatic carbocycles. The van der Waals surface area contributed by atoms with Gasteiger partial charge in [-0.15, -0.1) is 0 Å². The quantitative estimate of drug-likeness (QED) is 0.799. The third kappa shape index (κ3) is 3.35. The molecule has 7 nitrogen and oxygen atoms in total. The van der Waals surface area contributed by atoms with Crippen molar-refractivity contribution in [3.8, 4) is 0 Å². The van der Waals surface area contributed by atoms with Crippen molar-refractivity contribution in [1.29, 1.82) is 0 Å². The normalized spacial score (nSPS) is 36.8. The lowest BCUT2D eigenvalue weighted by molar-refractivity contribution is -0.119. The van der Waals surface area contributed by atoms with Gasteiger partial charge in [0.25, 0.3) is 0 Å². The van der Waals surface area contributed by atoms with Crippen molar-refractivity contribution < 1.29 is 23.5 Å². The summed E-state index contributed by atoms with van der Waals surface area (Å²) in [6, 6.07) is 0.0199.